The molecular weight excluding hydrogens is 428 g/mol. The van der Waals surface area contributed by atoms with E-state index in [-0.39, 0.29) is 16.8 Å². The molecule has 0 aliphatic carbocycles. The van der Waals surface area contributed by atoms with E-state index in [0.29, 0.717) is 41.7 Å². The molecule has 32 heavy (non-hydrogen) atoms. The molecule has 0 bridgehead atoms. The van der Waals surface area contributed by atoms with Crippen molar-refractivity contribution in [2.75, 3.05) is 20.2 Å². The summed E-state index contributed by atoms with van der Waals surface area (Å²) in [6.45, 7) is 5.04. The molecule has 1 aliphatic heterocycles. The number of nitrogens with one attached hydrogen (secondary N) is 1. The van der Waals surface area contributed by atoms with Crippen molar-refractivity contribution in [2.24, 2.45) is 5.92 Å². The van der Waals surface area contributed by atoms with E-state index in [1.807, 2.05) is 31.2 Å². The van der Waals surface area contributed by atoms with Crippen LogP contribution < -0.4 is 10.1 Å². The van der Waals surface area contributed by atoms with Gasteiger partial charge in [0.2, 0.25) is 10.0 Å². The smallest absolute Gasteiger partial charge is 0.251 e. The van der Waals surface area contributed by atoms with Crippen LogP contribution in [0.1, 0.15) is 48.8 Å². The topological polar surface area (TPSA) is 88.8 Å². The number of sulfonamides is 1. The molecule has 1 N–H and O–H groups in total. The Balaban J connectivity index is 1.46. The minimum Gasteiger partial charge on any atom is -0.493 e. The van der Waals surface area contributed by atoms with Crippen LogP contribution in [0, 0.1) is 5.92 Å². The van der Waals surface area contributed by atoms with Crippen molar-refractivity contribution in [3.05, 3.63) is 59.9 Å². The molecule has 1 saturated heterocycles. The molecular formula is C24H28N2O5S. The highest BCUT2D eigenvalue weighted by atomic mass is 32.2. The lowest BCUT2D eigenvalue weighted by molar-refractivity contribution is 0.0935. The predicted molar refractivity (Wildman–Crippen MR) is 122 cm³/mol. The first-order valence-corrected chi connectivity index (χ1v) is 12.2. The molecule has 0 saturated carbocycles. The van der Waals surface area contributed by atoms with Gasteiger partial charge in [0, 0.05) is 24.0 Å². The predicted octanol–water partition coefficient (Wildman–Crippen LogP) is 4.35. The second-order valence-corrected chi connectivity index (χ2v) is 10.3. The number of para-hydroxylation sites is 1. The zero-order chi connectivity index (χ0) is 22.9. The minimum absolute atomic E-state index is 0.209. The molecule has 170 valence electrons. The summed E-state index contributed by atoms with van der Waals surface area (Å²) in [6, 6.07) is 13.2. The van der Waals surface area contributed by atoms with E-state index in [4.69, 9.17) is 9.15 Å². The lowest BCUT2D eigenvalue weighted by Crippen LogP contribution is -2.37. The Morgan fingerprint density at radius 2 is 1.84 bits per heavy atom. The summed E-state index contributed by atoms with van der Waals surface area (Å²) in [7, 11) is -1.96. The average Bonchev–Trinajstić information content (AvgIpc) is 3.24. The van der Waals surface area contributed by atoms with Crippen LogP contribution in [0.15, 0.2) is 57.8 Å². The molecule has 1 aliphatic rings. The zero-order valence-electron chi connectivity index (χ0n) is 18.5. The summed E-state index contributed by atoms with van der Waals surface area (Å²) in [6.07, 6.45) is 1.73. The lowest BCUT2D eigenvalue weighted by Gasteiger charge is -2.29. The molecule has 7 nitrogen and oxygen atoms in total. The zero-order valence-corrected chi connectivity index (χ0v) is 19.3. The fraction of sp³-hybridized carbons (Fsp3) is 0.375. The van der Waals surface area contributed by atoms with Crippen molar-refractivity contribution in [3.63, 3.8) is 0 Å². The van der Waals surface area contributed by atoms with Gasteiger partial charge in [0.25, 0.3) is 5.91 Å². The van der Waals surface area contributed by atoms with Crippen LogP contribution in [0.25, 0.3) is 11.0 Å². The van der Waals surface area contributed by atoms with E-state index in [1.165, 1.54) is 16.4 Å². The van der Waals surface area contributed by atoms with Crippen LogP contribution >= 0.6 is 0 Å². The van der Waals surface area contributed by atoms with Crippen LogP contribution in [0.3, 0.4) is 0 Å². The number of rotatable bonds is 6. The van der Waals surface area contributed by atoms with Gasteiger partial charge in [-0.1, -0.05) is 19.1 Å². The van der Waals surface area contributed by atoms with E-state index in [1.54, 1.807) is 19.2 Å². The lowest BCUT2D eigenvalue weighted by atomic mass is 10.0. The summed E-state index contributed by atoms with van der Waals surface area (Å²) >= 11 is 0. The number of fused-ring (bicyclic) bond motifs is 1. The van der Waals surface area contributed by atoms with Gasteiger partial charge in [-0.25, -0.2) is 8.42 Å². The number of carbonyl (C=O) groups excluding carboxylic acids is 1. The summed E-state index contributed by atoms with van der Waals surface area (Å²) < 4.78 is 38.5. The Labute approximate surface area is 188 Å². The van der Waals surface area contributed by atoms with Gasteiger partial charge in [-0.3, -0.25) is 4.79 Å². The van der Waals surface area contributed by atoms with Crippen molar-refractivity contribution < 1.29 is 22.4 Å². The van der Waals surface area contributed by atoms with Crippen molar-refractivity contribution in [2.45, 2.75) is 37.6 Å². The molecule has 1 amide bonds. The number of hydrogen-bond acceptors (Lipinski definition) is 5. The van der Waals surface area contributed by atoms with Gasteiger partial charge < -0.3 is 14.5 Å². The van der Waals surface area contributed by atoms with Crippen LogP contribution in [0.4, 0.5) is 0 Å². The third-order valence-electron chi connectivity index (χ3n) is 6.02. The number of carbonyl (C=O) groups is 1. The highest BCUT2D eigenvalue weighted by molar-refractivity contribution is 7.89. The monoisotopic (exact) mass is 456 g/mol. The fourth-order valence-corrected chi connectivity index (χ4v) is 5.40. The largest absolute Gasteiger partial charge is 0.493 e. The third kappa shape index (κ3) is 4.38. The Morgan fingerprint density at radius 1 is 1.16 bits per heavy atom. The van der Waals surface area contributed by atoms with E-state index >= 15 is 0 Å². The van der Waals surface area contributed by atoms with Crippen LogP contribution in [0.2, 0.25) is 0 Å². The van der Waals surface area contributed by atoms with Gasteiger partial charge in [0.15, 0.2) is 11.3 Å². The van der Waals surface area contributed by atoms with Crippen molar-refractivity contribution in [1.82, 2.24) is 9.62 Å². The Morgan fingerprint density at radius 3 is 2.50 bits per heavy atom. The molecule has 0 spiro atoms. The number of nitrogens with zero attached hydrogens (tertiary/aromatic N) is 1. The number of furan rings is 1. The number of hydrogen-bond donors (Lipinski definition) is 1. The van der Waals surface area contributed by atoms with Gasteiger partial charge in [-0.15, -0.1) is 0 Å². The minimum atomic E-state index is -3.54. The van der Waals surface area contributed by atoms with Crippen LogP contribution in [-0.4, -0.2) is 38.8 Å². The standard InChI is InChI=1S/C24H28N2O5S/c1-16-11-13-26(14-12-16)32(28,29)20-9-7-18(8-10-20)24(27)25-17(2)22-15-19-5-4-6-21(30-3)23(19)31-22/h4-10,15-17H,11-14H2,1-3H3,(H,25,27). The number of amides is 1. The Kier molecular flexibility index (Phi) is 6.26. The Hall–Kier alpha value is -2.84. The SMILES string of the molecule is COc1cccc2cc(C(C)NC(=O)c3ccc(S(=O)(=O)N4CCC(C)CC4)cc3)oc12. The second-order valence-electron chi connectivity index (χ2n) is 8.33. The normalized spacial score (nSPS) is 16.7. The highest BCUT2D eigenvalue weighted by Crippen LogP contribution is 2.31. The summed E-state index contributed by atoms with van der Waals surface area (Å²) in [4.78, 5) is 12.9. The number of benzene rings is 2. The van der Waals surface area contributed by atoms with Crippen molar-refractivity contribution in [1.29, 1.82) is 0 Å². The van der Waals surface area contributed by atoms with E-state index < -0.39 is 10.0 Å². The molecule has 2 heterocycles. The van der Waals surface area contributed by atoms with Crippen molar-refractivity contribution in [3.8, 4) is 5.75 Å². The molecule has 8 heteroatoms. The summed E-state index contributed by atoms with van der Waals surface area (Å²) in [5.74, 6) is 1.48. The van der Waals surface area contributed by atoms with Gasteiger partial charge in [-0.05, 0) is 62.1 Å². The van der Waals surface area contributed by atoms with E-state index in [9.17, 15) is 13.2 Å². The molecule has 0 radical (unpaired) electrons. The first-order chi connectivity index (χ1) is 15.3. The van der Waals surface area contributed by atoms with Gasteiger partial charge in [0.05, 0.1) is 18.0 Å². The molecule has 2 aromatic carbocycles. The summed E-state index contributed by atoms with van der Waals surface area (Å²) in [5, 5.41) is 3.79. The van der Waals surface area contributed by atoms with Gasteiger partial charge in [-0.2, -0.15) is 4.31 Å². The first-order valence-electron chi connectivity index (χ1n) is 10.8. The molecule has 1 fully saturated rings. The second kappa shape index (κ2) is 8.96. The van der Waals surface area contributed by atoms with Gasteiger partial charge in [0.1, 0.15) is 5.76 Å². The van der Waals surface area contributed by atoms with Crippen LogP contribution in [-0.2, 0) is 10.0 Å². The fourth-order valence-electron chi connectivity index (χ4n) is 3.93. The summed E-state index contributed by atoms with van der Waals surface area (Å²) in [5.41, 5.74) is 1.02. The number of piperidine rings is 1. The molecule has 1 atom stereocenters. The quantitative estimate of drug-likeness (QED) is 0.596. The number of methoxy groups -OCH3 is 1. The van der Waals surface area contributed by atoms with Gasteiger partial charge >= 0.3 is 0 Å². The first kappa shape index (κ1) is 22.4. The average molecular weight is 457 g/mol. The number of ether oxygens (including phenoxy) is 1. The molecule has 4 rings (SSSR count). The van der Waals surface area contributed by atoms with Crippen molar-refractivity contribution >= 4 is 26.9 Å². The maximum atomic E-state index is 12.9. The maximum absolute atomic E-state index is 12.9. The van der Waals surface area contributed by atoms with E-state index in [2.05, 4.69) is 12.2 Å². The highest BCUT2D eigenvalue weighted by Gasteiger charge is 2.28. The van der Waals surface area contributed by atoms with E-state index in [0.717, 1.165) is 18.2 Å². The molecule has 1 aromatic heterocycles. The molecule has 1 unspecified atom stereocenters. The maximum Gasteiger partial charge on any atom is 0.251 e. The third-order valence-corrected chi connectivity index (χ3v) is 7.93. The molecule has 3 aromatic rings. The Bertz CT molecular complexity index is 1210. The van der Waals surface area contributed by atoms with Crippen LogP contribution in [0.5, 0.6) is 5.75 Å².